The van der Waals surface area contributed by atoms with E-state index >= 15 is 0 Å². The Bertz CT molecular complexity index is 317. The van der Waals surface area contributed by atoms with Gasteiger partial charge in [0.15, 0.2) is 0 Å². The van der Waals surface area contributed by atoms with Crippen molar-refractivity contribution < 1.29 is 0 Å². The van der Waals surface area contributed by atoms with Gasteiger partial charge in [-0.2, -0.15) is 0 Å². The van der Waals surface area contributed by atoms with E-state index in [9.17, 15) is 0 Å². The second kappa shape index (κ2) is 0.939. The fourth-order valence-electron chi connectivity index (χ4n) is 3.43. The number of fused-ring (bicyclic) bond motifs is 2. The summed E-state index contributed by atoms with van der Waals surface area (Å²) >= 11 is 0. The number of rotatable bonds is 0. The molecule has 0 heteroatoms. The zero-order valence-electron chi connectivity index (χ0n) is 6.15. The van der Waals surface area contributed by atoms with E-state index in [1.807, 2.05) is 16.7 Å². The van der Waals surface area contributed by atoms with Gasteiger partial charge in [0.1, 0.15) is 0 Å². The van der Waals surface area contributed by atoms with Gasteiger partial charge in [-0.1, -0.05) is 18.1 Å². The van der Waals surface area contributed by atoms with Gasteiger partial charge in [-0.3, -0.25) is 0 Å². The first kappa shape index (κ1) is 4.38. The Morgan fingerprint density at radius 1 is 1.20 bits per heavy atom. The van der Waals surface area contributed by atoms with Crippen molar-refractivity contribution in [1.82, 2.24) is 0 Å². The van der Waals surface area contributed by atoms with Gasteiger partial charge in [-0.15, -0.1) is 0 Å². The van der Waals surface area contributed by atoms with Crippen LogP contribution >= 0.6 is 0 Å². The van der Waals surface area contributed by atoms with Gasteiger partial charge in [-0.25, -0.2) is 0 Å². The lowest BCUT2D eigenvalue weighted by molar-refractivity contribution is 0.369. The first-order chi connectivity index (χ1) is 4.88. The fraction of sp³-hybridized carbons (Fsp3) is 0.600. The van der Waals surface area contributed by atoms with Gasteiger partial charge in [0, 0.05) is 5.92 Å². The minimum Gasteiger partial charge on any atom is -0.0615 e. The molecule has 4 aliphatic rings. The molecular weight excluding hydrogens is 120 g/mol. The summed E-state index contributed by atoms with van der Waals surface area (Å²) in [5.74, 6) is 3.03. The van der Waals surface area contributed by atoms with Crippen LogP contribution in [0.2, 0.25) is 0 Å². The van der Waals surface area contributed by atoms with Gasteiger partial charge < -0.3 is 0 Å². The van der Waals surface area contributed by atoms with E-state index in [0.29, 0.717) is 0 Å². The summed E-state index contributed by atoms with van der Waals surface area (Å²) < 4.78 is 0. The zero-order chi connectivity index (χ0) is 6.46. The zero-order valence-corrected chi connectivity index (χ0v) is 6.15. The molecule has 0 N–H and O–H groups in total. The third kappa shape index (κ3) is 0.224. The number of hydrogen-bond donors (Lipinski definition) is 0. The third-order valence-electron chi connectivity index (χ3n) is 3.96. The molecule has 0 saturated heterocycles. The third-order valence-corrected chi connectivity index (χ3v) is 3.96. The van der Waals surface area contributed by atoms with Gasteiger partial charge in [0.25, 0.3) is 0 Å². The molecule has 3 unspecified atom stereocenters. The lowest BCUT2D eigenvalue weighted by Crippen LogP contribution is -2.39. The van der Waals surface area contributed by atoms with Crippen LogP contribution in [-0.4, -0.2) is 0 Å². The molecule has 4 bridgehead atoms. The Kier molecular flexibility index (Phi) is 0.411. The highest BCUT2D eigenvalue weighted by Crippen LogP contribution is 2.72. The molecule has 0 amide bonds. The maximum atomic E-state index is 2.39. The van der Waals surface area contributed by atoms with Crippen molar-refractivity contribution in [3.8, 4) is 0 Å². The first-order valence-electron chi connectivity index (χ1n) is 4.34. The summed E-state index contributed by atoms with van der Waals surface area (Å²) in [6.45, 7) is 2.39. The van der Waals surface area contributed by atoms with E-state index in [2.05, 4.69) is 6.92 Å². The fourth-order valence-corrected chi connectivity index (χ4v) is 3.43. The minimum atomic E-state index is 0.905. The average Bonchev–Trinajstić information content (AvgIpc) is 2.60. The highest BCUT2D eigenvalue weighted by Gasteiger charge is 2.60. The second-order valence-electron chi connectivity index (χ2n) is 4.22. The van der Waals surface area contributed by atoms with Crippen LogP contribution in [0, 0.1) is 17.8 Å². The number of allylic oxidation sites excluding steroid dienone is 4. The van der Waals surface area contributed by atoms with Crippen molar-refractivity contribution in [2.45, 2.75) is 19.8 Å². The van der Waals surface area contributed by atoms with Crippen molar-refractivity contribution in [2.75, 3.05) is 0 Å². The van der Waals surface area contributed by atoms with Crippen LogP contribution in [0.25, 0.3) is 0 Å². The van der Waals surface area contributed by atoms with Crippen LogP contribution in [0.1, 0.15) is 19.8 Å². The summed E-state index contributed by atoms with van der Waals surface area (Å²) in [6.07, 6.45) is 2.93. The normalized spacial score (nSPS) is 51.9. The molecule has 50 valence electrons. The Balaban J connectivity index is 2.13. The molecular formula is C10H10. The minimum absolute atomic E-state index is 0.905. The SMILES string of the molecule is CC1C2=C3CC3C3CC2=C13. The monoisotopic (exact) mass is 130 g/mol. The van der Waals surface area contributed by atoms with Gasteiger partial charge in [0.05, 0.1) is 0 Å². The highest BCUT2D eigenvalue weighted by atomic mass is 14.6. The Labute approximate surface area is 60.6 Å². The van der Waals surface area contributed by atoms with Gasteiger partial charge >= 0.3 is 0 Å². The Morgan fingerprint density at radius 2 is 2.10 bits per heavy atom. The van der Waals surface area contributed by atoms with Crippen LogP contribution in [-0.2, 0) is 0 Å². The van der Waals surface area contributed by atoms with Crippen LogP contribution < -0.4 is 0 Å². The van der Waals surface area contributed by atoms with Crippen molar-refractivity contribution in [2.24, 2.45) is 17.8 Å². The van der Waals surface area contributed by atoms with Crippen LogP contribution in [0.4, 0.5) is 0 Å². The standard InChI is InChI=1S/C10H10/c1-4-9-6-2-5(6)7-3-8(9)10(4)7/h4-5,7H,2-3H2,1H3. The summed E-state index contributed by atoms with van der Waals surface area (Å²) in [6, 6.07) is 0. The molecule has 0 radical (unpaired) electrons. The predicted octanol–water partition coefficient (Wildman–Crippen LogP) is 2.28. The maximum absolute atomic E-state index is 2.39. The summed E-state index contributed by atoms with van der Waals surface area (Å²) in [7, 11) is 0. The smallest absolute Gasteiger partial charge is 0.00312 e. The van der Waals surface area contributed by atoms with Crippen molar-refractivity contribution in [3.63, 3.8) is 0 Å². The Morgan fingerprint density at radius 3 is 2.70 bits per heavy atom. The molecule has 0 aromatic carbocycles. The van der Waals surface area contributed by atoms with Gasteiger partial charge in [0.2, 0.25) is 0 Å². The van der Waals surface area contributed by atoms with Crippen LogP contribution in [0.3, 0.4) is 0 Å². The molecule has 0 aromatic heterocycles. The highest BCUT2D eigenvalue weighted by molar-refractivity contribution is 5.69. The first-order valence-corrected chi connectivity index (χ1v) is 4.34. The van der Waals surface area contributed by atoms with E-state index < -0.39 is 0 Å². The van der Waals surface area contributed by atoms with E-state index in [0.717, 1.165) is 17.8 Å². The molecule has 3 atom stereocenters. The maximum Gasteiger partial charge on any atom is 0.00312 e. The molecule has 10 heavy (non-hydrogen) atoms. The van der Waals surface area contributed by atoms with E-state index in [4.69, 9.17) is 0 Å². The van der Waals surface area contributed by atoms with E-state index in [1.165, 1.54) is 12.8 Å². The summed E-state index contributed by atoms with van der Waals surface area (Å²) in [5.41, 5.74) is 7.32. The quantitative estimate of drug-likeness (QED) is 0.472. The lowest BCUT2D eigenvalue weighted by Gasteiger charge is -2.52. The molecule has 4 aliphatic carbocycles. The van der Waals surface area contributed by atoms with E-state index in [1.54, 1.807) is 5.57 Å². The van der Waals surface area contributed by atoms with Crippen molar-refractivity contribution in [1.29, 1.82) is 0 Å². The average molecular weight is 130 g/mol. The molecule has 1 saturated carbocycles. The van der Waals surface area contributed by atoms with E-state index in [-0.39, 0.29) is 0 Å². The molecule has 1 fully saturated rings. The van der Waals surface area contributed by atoms with Crippen molar-refractivity contribution >= 4 is 0 Å². The molecule has 0 spiro atoms. The molecule has 0 heterocycles. The number of hydrogen-bond acceptors (Lipinski definition) is 0. The molecule has 0 aliphatic heterocycles. The predicted molar refractivity (Wildman–Crippen MR) is 39.4 cm³/mol. The summed E-state index contributed by atoms with van der Waals surface area (Å²) in [5, 5.41) is 0. The van der Waals surface area contributed by atoms with Crippen molar-refractivity contribution in [3.05, 3.63) is 22.3 Å². The summed E-state index contributed by atoms with van der Waals surface area (Å²) in [4.78, 5) is 0. The van der Waals surface area contributed by atoms with Crippen LogP contribution in [0.5, 0.6) is 0 Å². The molecule has 4 rings (SSSR count). The Hall–Kier alpha value is -0.520. The molecule has 0 aromatic rings. The topological polar surface area (TPSA) is 0 Å². The largest absolute Gasteiger partial charge is 0.0615 e. The second-order valence-corrected chi connectivity index (χ2v) is 4.22. The van der Waals surface area contributed by atoms with Gasteiger partial charge in [-0.05, 0) is 35.8 Å². The van der Waals surface area contributed by atoms with Crippen LogP contribution in [0.15, 0.2) is 22.3 Å². The lowest BCUT2D eigenvalue weighted by atomic mass is 9.52. The molecule has 0 nitrogen and oxygen atoms in total.